The minimum absolute atomic E-state index is 0.0687. The number of halogens is 1. The van der Waals surface area contributed by atoms with Gasteiger partial charge in [0, 0.05) is 16.1 Å². The van der Waals surface area contributed by atoms with Gasteiger partial charge < -0.3 is 5.32 Å². The quantitative estimate of drug-likeness (QED) is 0.304. The molecule has 0 saturated carbocycles. The van der Waals surface area contributed by atoms with Crippen molar-refractivity contribution in [1.29, 1.82) is 0 Å². The van der Waals surface area contributed by atoms with Gasteiger partial charge in [-0.05, 0) is 48.0 Å². The molecule has 0 saturated heterocycles. The molecule has 6 heteroatoms. The van der Waals surface area contributed by atoms with Crippen molar-refractivity contribution in [3.05, 3.63) is 130 Å². The third kappa shape index (κ3) is 2.95. The van der Waals surface area contributed by atoms with E-state index in [1.165, 1.54) is 0 Å². The molecule has 0 amide bonds. The molecule has 0 spiro atoms. The Balaban J connectivity index is 1.64. The van der Waals surface area contributed by atoms with E-state index in [-0.39, 0.29) is 11.6 Å². The van der Waals surface area contributed by atoms with Crippen LogP contribution >= 0.6 is 11.6 Å². The van der Waals surface area contributed by atoms with Gasteiger partial charge in [-0.25, -0.2) is 4.98 Å². The van der Waals surface area contributed by atoms with Gasteiger partial charge in [0.15, 0.2) is 0 Å². The summed E-state index contributed by atoms with van der Waals surface area (Å²) in [5, 5.41) is 5.13. The molecule has 6 aromatic rings. The normalized spacial score (nSPS) is 14.5. The maximum absolute atomic E-state index is 14.4. The van der Waals surface area contributed by atoms with E-state index in [1.807, 2.05) is 102 Å². The topological polar surface area (TPSA) is 51.9 Å². The van der Waals surface area contributed by atoms with Crippen molar-refractivity contribution in [3.8, 4) is 5.69 Å². The van der Waals surface area contributed by atoms with Gasteiger partial charge in [0.1, 0.15) is 0 Å². The predicted molar refractivity (Wildman–Crippen MR) is 141 cm³/mol. The van der Waals surface area contributed by atoms with Gasteiger partial charge in [0.25, 0.3) is 5.56 Å². The summed E-state index contributed by atoms with van der Waals surface area (Å²) in [6.07, 6.45) is 0. The fourth-order valence-electron chi connectivity index (χ4n) is 5.18. The highest BCUT2D eigenvalue weighted by Gasteiger charge is 2.34. The molecule has 0 fully saturated rings. The molecule has 1 unspecified atom stereocenters. The molecular weight excluding hydrogens is 456 g/mol. The van der Waals surface area contributed by atoms with Crippen molar-refractivity contribution in [2.75, 3.05) is 5.32 Å². The highest BCUT2D eigenvalue weighted by atomic mass is 35.5. The van der Waals surface area contributed by atoms with E-state index in [4.69, 9.17) is 16.6 Å². The number of anilines is 2. The number of hydrogen-bond acceptors (Lipinski definition) is 3. The van der Waals surface area contributed by atoms with Crippen LogP contribution < -0.4 is 10.9 Å². The predicted octanol–water partition coefficient (Wildman–Crippen LogP) is 6.69. The summed E-state index contributed by atoms with van der Waals surface area (Å²) >= 11 is 6.24. The Bertz CT molecular complexity index is 1800. The highest BCUT2D eigenvalue weighted by molar-refractivity contribution is 6.30. The van der Waals surface area contributed by atoms with Crippen molar-refractivity contribution in [2.45, 2.75) is 6.04 Å². The van der Waals surface area contributed by atoms with Crippen LogP contribution in [-0.2, 0) is 0 Å². The van der Waals surface area contributed by atoms with E-state index in [2.05, 4.69) is 16.0 Å². The lowest BCUT2D eigenvalue weighted by molar-refractivity contribution is 0.682. The molecule has 1 aliphatic rings. The minimum Gasteiger partial charge on any atom is -0.324 e. The zero-order chi connectivity index (χ0) is 23.5. The van der Waals surface area contributed by atoms with E-state index in [0.717, 1.165) is 38.9 Å². The molecule has 4 aromatic carbocycles. The Morgan fingerprint density at radius 1 is 0.771 bits per heavy atom. The number of para-hydroxylation sites is 4. The molecular formula is C29H19ClN4O. The number of imidazole rings is 1. The van der Waals surface area contributed by atoms with Crippen LogP contribution in [0.3, 0.4) is 0 Å². The molecule has 1 aliphatic heterocycles. The van der Waals surface area contributed by atoms with Gasteiger partial charge in [-0.3, -0.25) is 13.9 Å². The molecule has 1 atom stereocenters. The van der Waals surface area contributed by atoms with E-state index >= 15 is 0 Å². The summed E-state index contributed by atoms with van der Waals surface area (Å²) in [6, 6.07) is 33.1. The standard InChI is InChI=1S/C29H19ClN4O/c30-19-16-14-18(15-17-19)27-25-26(32-29-31-22-11-5-7-13-24(22)34(27)29)21-10-4-6-12-23(21)33(28(25)35)20-8-2-1-3-9-20/h1-17,27H,(H,31,32). The average molecular weight is 475 g/mol. The number of rotatable bonds is 2. The Kier molecular flexibility index (Phi) is 4.35. The first-order valence-corrected chi connectivity index (χ1v) is 11.8. The number of hydrogen-bond donors (Lipinski definition) is 1. The lowest BCUT2D eigenvalue weighted by Gasteiger charge is -2.31. The summed E-state index contributed by atoms with van der Waals surface area (Å²) in [6.45, 7) is 0. The van der Waals surface area contributed by atoms with Crippen LogP contribution in [0, 0.1) is 0 Å². The van der Waals surface area contributed by atoms with Gasteiger partial charge in [-0.1, -0.05) is 72.3 Å². The van der Waals surface area contributed by atoms with Crippen molar-refractivity contribution in [2.24, 2.45) is 0 Å². The summed E-state index contributed by atoms with van der Waals surface area (Å²) in [5.41, 5.74) is 5.86. The Morgan fingerprint density at radius 2 is 1.46 bits per heavy atom. The summed E-state index contributed by atoms with van der Waals surface area (Å²) in [7, 11) is 0. The smallest absolute Gasteiger partial charge is 0.263 e. The molecule has 7 rings (SSSR count). The molecule has 35 heavy (non-hydrogen) atoms. The van der Waals surface area contributed by atoms with E-state index < -0.39 is 0 Å². The van der Waals surface area contributed by atoms with Gasteiger partial charge in [-0.15, -0.1) is 0 Å². The van der Waals surface area contributed by atoms with Crippen molar-refractivity contribution >= 4 is 45.2 Å². The van der Waals surface area contributed by atoms with Crippen molar-refractivity contribution in [3.63, 3.8) is 0 Å². The van der Waals surface area contributed by atoms with E-state index in [0.29, 0.717) is 16.5 Å². The minimum atomic E-state index is -0.377. The van der Waals surface area contributed by atoms with Crippen molar-refractivity contribution < 1.29 is 0 Å². The van der Waals surface area contributed by atoms with E-state index in [9.17, 15) is 4.79 Å². The SMILES string of the molecule is O=c1c2c(c3ccccc3n1-c1ccccc1)Nc1nc3ccccc3n1C2c1ccc(Cl)cc1. The fourth-order valence-corrected chi connectivity index (χ4v) is 5.31. The third-order valence-electron chi connectivity index (χ3n) is 6.68. The second-order valence-corrected chi connectivity index (χ2v) is 9.09. The molecule has 5 nitrogen and oxygen atoms in total. The van der Waals surface area contributed by atoms with Gasteiger partial charge in [-0.2, -0.15) is 0 Å². The van der Waals surface area contributed by atoms with Crippen LogP contribution in [0.15, 0.2) is 108 Å². The Morgan fingerprint density at radius 3 is 2.26 bits per heavy atom. The maximum Gasteiger partial charge on any atom is 0.263 e. The Hall–Kier alpha value is -4.35. The zero-order valence-corrected chi connectivity index (χ0v) is 19.3. The lowest BCUT2D eigenvalue weighted by Crippen LogP contribution is -2.32. The maximum atomic E-state index is 14.4. The highest BCUT2D eigenvalue weighted by Crippen LogP contribution is 2.43. The average Bonchev–Trinajstić information content (AvgIpc) is 3.27. The summed E-state index contributed by atoms with van der Waals surface area (Å²) in [5.74, 6) is 0.709. The number of nitrogens with zero attached hydrogens (tertiary/aromatic N) is 3. The Labute approximate surface area is 205 Å². The molecule has 0 radical (unpaired) electrons. The molecule has 2 aromatic heterocycles. The van der Waals surface area contributed by atoms with Crippen LogP contribution in [0.4, 0.5) is 11.6 Å². The fraction of sp³-hybridized carbons (Fsp3) is 0.0345. The first kappa shape index (κ1) is 20.1. The zero-order valence-electron chi connectivity index (χ0n) is 18.5. The van der Waals surface area contributed by atoms with Crippen LogP contribution in [0.5, 0.6) is 0 Å². The molecule has 0 bridgehead atoms. The van der Waals surface area contributed by atoms with Crippen LogP contribution in [-0.4, -0.2) is 14.1 Å². The monoisotopic (exact) mass is 474 g/mol. The van der Waals surface area contributed by atoms with E-state index in [1.54, 1.807) is 0 Å². The number of nitrogens with one attached hydrogen (secondary N) is 1. The first-order chi connectivity index (χ1) is 17.2. The molecule has 168 valence electrons. The van der Waals surface area contributed by atoms with Gasteiger partial charge in [0.2, 0.25) is 5.95 Å². The second-order valence-electron chi connectivity index (χ2n) is 8.66. The second kappa shape index (κ2) is 7.58. The number of aromatic nitrogens is 3. The van der Waals surface area contributed by atoms with Crippen LogP contribution in [0.1, 0.15) is 17.2 Å². The van der Waals surface area contributed by atoms with Gasteiger partial charge in [0.05, 0.1) is 33.8 Å². The molecule has 1 N–H and O–H groups in total. The lowest BCUT2D eigenvalue weighted by atomic mass is 9.94. The van der Waals surface area contributed by atoms with Crippen LogP contribution in [0.25, 0.3) is 27.6 Å². The number of pyridine rings is 1. The molecule has 0 aliphatic carbocycles. The third-order valence-corrected chi connectivity index (χ3v) is 6.93. The largest absolute Gasteiger partial charge is 0.324 e. The first-order valence-electron chi connectivity index (χ1n) is 11.4. The summed E-state index contributed by atoms with van der Waals surface area (Å²) in [4.78, 5) is 19.3. The van der Waals surface area contributed by atoms with Crippen LogP contribution in [0.2, 0.25) is 5.02 Å². The summed E-state index contributed by atoms with van der Waals surface area (Å²) < 4.78 is 3.93. The number of fused-ring (bicyclic) bond motifs is 6. The van der Waals surface area contributed by atoms with Crippen molar-refractivity contribution in [1.82, 2.24) is 14.1 Å². The van der Waals surface area contributed by atoms with Gasteiger partial charge >= 0.3 is 0 Å². The molecule has 3 heterocycles. The number of benzene rings is 4.